The van der Waals surface area contributed by atoms with E-state index in [9.17, 15) is 28.8 Å². The van der Waals surface area contributed by atoms with Gasteiger partial charge in [0.1, 0.15) is 24.9 Å². The minimum atomic E-state index is -1.62. The summed E-state index contributed by atoms with van der Waals surface area (Å²) < 4.78 is 51.0. The Morgan fingerprint density at radius 2 is 1.13 bits per heavy atom. The van der Waals surface area contributed by atoms with E-state index in [4.69, 9.17) is 42.6 Å². The van der Waals surface area contributed by atoms with Crippen LogP contribution >= 0.6 is 0 Å². The Kier molecular flexibility index (Phi) is 12.8. The molecular weight excluding hydrogens is 600 g/mol. The molecule has 1 aromatic rings. The molecule has 15 heteroatoms. The van der Waals surface area contributed by atoms with E-state index in [1.54, 1.807) is 0 Å². The van der Waals surface area contributed by atoms with Crippen LogP contribution in [0.1, 0.15) is 47.1 Å². The third-order valence-corrected chi connectivity index (χ3v) is 6.67. The van der Waals surface area contributed by atoms with Gasteiger partial charge in [0.25, 0.3) is 0 Å². The fourth-order valence-corrected chi connectivity index (χ4v) is 5.12. The van der Waals surface area contributed by atoms with Crippen LogP contribution in [0.3, 0.4) is 0 Å². The van der Waals surface area contributed by atoms with Crippen LogP contribution in [-0.4, -0.2) is 104 Å². The quantitative estimate of drug-likeness (QED) is 0.246. The lowest BCUT2D eigenvalue weighted by molar-refractivity contribution is -0.338. The molecule has 0 amide bonds. The van der Waals surface area contributed by atoms with Crippen LogP contribution in [0.15, 0.2) is 30.3 Å². The molecule has 0 saturated carbocycles. The smallest absolute Gasteiger partial charge is 0.303 e. The second-order valence-electron chi connectivity index (χ2n) is 10.5. The number of carbonyl (C=O) groups excluding carboxylic acids is 6. The van der Waals surface area contributed by atoms with Crippen molar-refractivity contribution in [3.05, 3.63) is 35.9 Å². The van der Waals surface area contributed by atoms with Crippen molar-refractivity contribution in [1.29, 1.82) is 0 Å². The van der Waals surface area contributed by atoms with Gasteiger partial charge in [0.15, 0.2) is 36.8 Å². The van der Waals surface area contributed by atoms with Crippen molar-refractivity contribution in [3.8, 4) is 0 Å². The maximum Gasteiger partial charge on any atom is 0.303 e. The van der Waals surface area contributed by atoms with Crippen molar-refractivity contribution in [2.24, 2.45) is 0 Å². The van der Waals surface area contributed by atoms with Crippen molar-refractivity contribution >= 4 is 35.8 Å². The summed E-state index contributed by atoms with van der Waals surface area (Å²) in [5, 5.41) is 0. The van der Waals surface area contributed by atoms with Gasteiger partial charge in [-0.05, 0) is 5.56 Å². The van der Waals surface area contributed by atoms with Gasteiger partial charge < -0.3 is 42.6 Å². The molecule has 0 N–H and O–H groups in total. The summed E-state index contributed by atoms with van der Waals surface area (Å²) in [6.07, 6.45) is -11.5. The summed E-state index contributed by atoms with van der Waals surface area (Å²) in [5.41, 5.74) is 0.844. The fourth-order valence-electron chi connectivity index (χ4n) is 5.12. The molecule has 0 aromatic heterocycles. The topological polar surface area (TPSA) is 185 Å². The van der Waals surface area contributed by atoms with E-state index < -0.39 is 97.5 Å². The summed E-state index contributed by atoms with van der Waals surface area (Å²) in [6.45, 7) is 6.10. The number of hydrogen-bond donors (Lipinski definition) is 0. The van der Waals surface area contributed by atoms with Gasteiger partial charge in [-0.3, -0.25) is 28.8 Å². The van der Waals surface area contributed by atoms with E-state index in [0.717, 1.165) is 33.3 Å². The highest BCUT2D eigenvalue weighted by molar-refractivity contribution is 5.69. The molecule has 248 valence electrons. The summed E-state index contributed by atoms with van der Waals surface area (Å²) in [5.74, 6) is -4.54. The molecule has 0 spiro atoms. The summed E-state index contributed by atoms with van der Waals surface area (Å²) in [6, 6.07) is 9.18. The van der Waals surface area contributed by atoms with Gasteiger partial charge >= 0.3 is 35.8 Å². The first-order valence-corrected chi connectivity index (χ1v) is 14.2. The molecule has 45 heavy (non-hydrogen) atoms. The SMILES string of the molecule is CC(=O)OC[C@H]1O[C@@H](O[C@@H]2[C@@H](OC(C)=O)[C@H](Cc3ccccc3)OC[C@H]2OC(C)=O)[C@H](OC(C)=O)[C@@H](OC(C)=O)[C@H]1OC(C)=O. The Morgan fingerprint density at radius 1 is 0.622 bits per heavy atom. The number of esters is 6. The molecule has 0 unspecified atom stereocenters. The normalized spacial score (nSPS) is 29.4. The molecule has 2 aliphatic rings. The van der Waals surface area contributed by atoms with Crippen LogP contribution in [0.25, 0.3) is 0 Å². The lowest BCUT2D eigenvalue weighted by atomic mass is 9.93. The van der Waals surface area contributed by atoms with Crippen LogP contribution < -0.4 is 0 Å². The van der Waals surface area contributed by atoms with Crippen molar-refractivity contribution in [3.63, 3.8) is 0 Å². The first kappa shape index (κ1) is 35.4. The summed E-state index contributed by atoms with van der Waals surface area (Å²) in [4.78, 5) is 72.6. The summed E-state index contributed by atoms with van der Waals surface area (Å²) >= 11 is 0. The second-order valence-corrected chi connectivity index (χ2v) is 10.5. The first-order valence-electron chi connectivity index (χ1n) is 14.2. The molecule has 0 radical (unpaired) electrons. The summed E-state index contributed by atoms with van der Waals surface area (Å²) in [7, 11) is 0. The minimum Gasteiger partial charge on any atom is -0.463 e. The molecule has 2 heterocycles. The highest BCUT2D eigenvalue weighted by Gasteiger charge is 2.55. The Balaban J connectivity index is 2.08. The average molecular weight is 639 g/mol. The molecular formula is C30H38O15. The molecule has 15 nitrogen and oxygen atoms in total. The number of benzene rings is 1. The largest absolute Gasteiger partial charge is 0.463 e. The van der Waals surface area contributed by atoms with Gasteiger partial charge in [0.2, 0.25) is 0 Å². The Bertz CT molecular complexity index is 1220. The first-order chi connectivity index (χ1) is 21.2. The molecule has 2 aliphatic heterocycles. The fraction of sp³-hybridized carbons (Fsp3) is 0.600. The van der Waals surface area contributed by atoms with Crippen molar-refractivity contribution < 1.29 is 71.4 Å². The molecule has 1 aromatic carbocycles. The molecule has 3 rings (SSSR count). The molecule has 2 fully saturated rings. The third-order valence-electron chi connectivity index (χ3n) is 6.67. The Labute approximate surface area is 259 Å². The van der Waals surface area contributed by atoms with E-state index in [0.29, 0.717) is 0 Å². The van der Waals surface area contributed by atoms with Crippen LogP contribution in [0, 0.1) is 0 Å². The van der Waals surface area contributed by atoms with Gasteiger partial charge in [-0.1, -0.05) is 30.3 Å². The Hall–Kier alpha value is -4.08. The maximum absolute atomic E-state index is 12.3. The van der Waals surface area contributed by atoms with Crippen LogP contribution in [0.5, 0.6) is 0 Å². The van der Waals surface area contributed by atoms with E-state index in [2.05, 4.69) is 0 Å². The molecule has 9 atom stereocenters. The number of carbonyl (C=O) groups is 6. The standard InChI is InChI=1S/C30H38O15/c1-15(31)37-13-24-27(41-18(4)34)28(42-19(5)35)29(43-20(6)36)30(44-24)45-26-23(39-16(2)32)14-38-22(25(26)40-17(3)33)12-21-10-8-7-9-11-21/h7-11,22-30H,12-14H2,1-6H3/t22-,23+,24+,25-,26-,27-,28-,29+,30-/m0/s1. The molecule has 0 bridgehead atoms. The number of hydrogen-bond acceptors (Lipinski definition) is 15. The number of ether oxygens (including phenoxy) is 9. The second kappa shape index (κ2) is 16.3. The lowest BCUT2D eigenvalue weighted by Crippen LogP contribution is -2.65. The van der Waals surface area contributed by atoms with Crippen molar-refractivity contribution in [2.75, 3.05) is 13.2 Å². The van der Waals surface area contributed by atoms with E-state index in [-0.39, 0.29) is 13.0 Å². The predicted molar refractivity (Wildman–Crippen MR) is 148 cm³/mol. The molecule has 0 aliphatic carbocycles. The Morgan fingerprint density at radius 3 is 1.67 bits per heavy atom. The monoisotopic (exact) mass is 638 g/mol. The maximum atomic E-state index is 12.3. The van der Waals surface area contributed by atoms with Crippen molar-refractivity contribution in [2.45, 2.75) is 103 Å². The zero-order valence-corrected chi connectivity index (χ0v) is 25.8. The van der Waals surface area contributed by atoms with E-state index in [1.807, 2.05) is 30.3 Å². The van der Waals surface area contributed by atoms with Crippen LogP contribution in [-0.2, 0) is 77.8 Å². The van der Waals surface area contributed by atoms with E-state index in [1.165, 1.54) is 13.8 Å². The van der Waals surface area contributed by atoms with Crippen LogP contribution in [0.2, 0.25) is 0 Å². The average Bonchev–Trinajstić information content (AvgIpc) is 2.93. The van der Waals surface area contributed by atoms with Crippen LogP contribution in [0.4, 0.5) is 0 Å². The third kappa shape index (κ3) is 10.5. The van der Waals surface area contributed by atoms with E-state index >= 15 is 0 Å². The van der Waals surface area contributed by atoms with Gasteiger partial charge in [0, 0.05) is 48.0 Å². The lowest BCUT2D eigenvalue weighted by Gasteiger charge is -2.47. The zero-order chi connectivity index (χ0) is 33.3. The molecule has 2 saturated heterocycles. The van der Waals surface area contributed by atoms with Gasteiger partial charge in [0.05, 0.1) is 6.61 Å². The van der Waals surface area contributed by atoms with Crippen molar-refractivity contribution in [1.82, 2.24) is 0 Å². The van der Waals surface area contributed by atoms with Gasteiger partial charge in [-0.15, -0.1) is 0 Å². The predicted octanol–water partition coefficient (Wildman–Crippen LogP) is 0.960. The highest BCUT2D eigenvalue weighted by atomic mass is 16.8. The zero-order valence-electron chi connectivity index (χ0n) is 25.8. The van der Waals surface area contributed by atoms with Gasteiger partial charge in [-0.25, -0.2) is 0 Å². The highest BCUT2D eigenvalue weighted by Crippen LogP contribution is 2.34. The number of rotatable bonds is 11. The van der Waals surface area contributed by atoms with Gasteiger partial charge in [-0.2, -0.15) is 0 Å². The minimum absolute atomic E-state index is 0.176.